The van der Waals surface area contributed by atoms with Crippen molar-refractivity contribution in [2.24, 2.45) is 5.10 Å². The summed E-state index contributed by atoms with van der Waals surface area (Å²) in [4.78, 5) is 36.9. The first-order valence-electron chi connectivity index (χ1n) is 9.12. The van der Waals surface area contributed by atoms with E-state index in [9.17, 15) is 14.4 Å². The molecule has 1 atom stereocenters. The molecule has 150 valence electrons. The van der Waals surface area contributed by atoms with Crippen molar-refractivity contribution >= 4 is 40.3 Å². The van der Waals surface area contributed by atoms with Crippen LogP contribution >= 0.6 is 11.8 Å². The Bertz CT molecular complexity index is 1000. The third-order valence-corrected chi connectivity index (χ3v) is 5.67. The molecule has 3 amide bonds. The molecule has 0 bridgehead atoms. The second-order valence-corrected chi connectivity index (χ2v) is 8.01. The summed E-state index contributed by atoms with van der Waals surface area (Å²) in [7, 11) is 0. The molecule has 3 rings (SSSR count). The fourth-order valence-corrected chi connectivity index (χ4v) is 3.72. The van der Waals surface area contributed by atoms with E-state index in [4.69, 9.17) is 0 Å². The first kappa shape index (κ1) is 20.6. The van der Waals surface area contributed by atoms with Gasteiger partial charge in [-0.25, -0.2) is 5.43 Å². The minimum absolute atomic E-state index is 0.0338. The van der Waals surface area contributed by atoms with E-state index in [1.165, 1.54) is 0 Å². The van der Waals surface area contributed by atoms with Gasteiger partial charge in [0.2, 0.25) is 11.8 Å². The lowest BCUT2D eigenvalue weighted by Crippen LogP contribution is -2.43. The fourth-order valence-electron chi connectivity index (χ4n) is 2.78. The summed E-state index contributed by atoms with van der Waals surface area (Å²) in [6, 6.07) is 12.8. The number of amides is 3. The molecule has 1 heterocycles. The maximum absolute atomic E-state index is 12.6. The normalized spacial score (nSPS) is 17.6. The molecular formula is C21H22N4O3S. The lowest BCUT2D eigenvalue weighted by Gasteiger charge is -2.22. The molecule has 0 aliphatic carbocycles. The van der Waals surface area contributed by atoms with Gasteiger partial charge in [-0.3, -0.25) is 14.4 Å². The van der Waals surface area contributed by atoms with Crippen LogP contribution in [-0.2, 0) is 9.59 Å². The quantitative estimate of drug-likeness (QED) is 0.675. The van der Waals surface area contributed by atoms with Gasteiger partial charge in [0.1, 0.15) is 5.25 Å². The molecule has 0 aromatic heterocycles. The fraction of sp³-hybridized carbons (Fsp3) is 0.238. The lowest BCUT2D eigenvalue weighted by atomic mass is 10.1. The van der Waals surface area contributed by atoms with E-state index in [1.54, 1.807) is 12.1 Å². The summed E-state index contributed by atoms with van der Waals surface area (Å²) in [6.45, 7) is 5.79. The van der Waals surface area contributed by atoms with Crippen molar-refractivity contribution in [2.45, 2.75) is 32.4 Å². The first-order valence-corrected chi connectivity index (χ1v) is 9.99. The Morgan fingerprint density at radius 2 is 1.83 bits per heavy atom. The Balaban J connectivity index is 1.66. The van der Waals surface area contributed by atoms with E-state index < -0.39 is 5.25 Å². The molecular weight excluding hydrogens is 388 g/mol. The van der Waals surface area contributed by atoms with Crippen LogP contribution in [0.2, 0.25) is 0 Å². The van der Waals surface area contributed by atoms with Crippen molar-refractivity contribution in [3.8, 4) is 0 Å². The van der Waals surface area contributed by atoms with E-state index in [0.29, 0.717) is 11.3 Å². The Morgan fingerprint density at radius 3 is 2.55 bits per heavy atom. The zero-order chi connectivity index (χ0) is 21.0. The monoisotopic (exact) mass is 410 g/mol. The van der Waals surface area contributed by atoms with Crippen LogP contribution in [0.3, 0.4) is 0 Å². The van der Waals surface area contributed by atoms with Gasteiger partial charge in [-0.1, -0.05) is 36.0 Å². The molecule has 1 fully saturated rings. The van der Waals surface area contributed by atoms with Crippen LogP contribution in [0.1, 0.15) is 33.5 Å². The van der Waals surface area contributed by atoms with E-state index in [0.717, 1.165) is 28.5 Å². The molecule has 1 aliphatic heterocycles. The van der Waals surface area contributed by atoms with Crippen molar-refractivity contribution in [1.29, 1.82) is 0 Å². The van der Waals surface area contributed by atoms with Crippen LogP contribution in [-0.4, -0.2) is 28.1 Å². The topological polar surface area (TPSA) is 99.7 Å². The number of carbonyl (C=O) groups is 3. The van der Waals surface area contributed by atoms with Crippen LogP contribution in [0.5, 0.6) is 0 Å². The van der Waals surface area contributed by atoms with Crippen LogP contribution in [0, 0.1) is 20.8 Å². The highest BCUT2D eigenvalue weighted by molar-refractivity contribution is 8.15. The zero-order valence-corrected chi connectivity index (χ0v) is 17.2. The predicted octanol–water partition coefficient (Wildman–Crippen LogP) is 2.87. The molecule has 1 aliphatic rings. The molecule has 3 N–H and O–H groups in total. The van der Waals surface area contributed by atoms with E-state index >= 15 is 0 Å². The van der Waals surface area contributed by atoms with Gasteiger partial charge in [0.25, 0.3) is 5.91 Å². The van der Waals surface area contributed by atoms with Crippen molar-refractivity contribution in [1.82, 2.24) is 10.7 Å². The first-order chi connectivity index (χ1) is 13.8. The van der Waals surface area contributed by atoms with Gasteiger partial charge in [0.05, 0.1) is 0 Å². The van der Waals surface area contributed by atoms with Gasteiger partial charge in [0.15, 0.2) is 5.17 Å². The van der Waals surface area contributed by atoms with Gasteiger partial charge in [-0.2, -0.15) is 0 Å². The number of hydrazone groups is 1. The molecule has 1 saturated heterocycles. The number of hydrogen-bond donors (Lipinski definition) is 3. The van der Waals surface area contributed by atoms with Gasteiger partial charge < -0.3 is 10.6 Å². The van der Waals surface area contributed by atoms with Crippen LogP contribution in [0.15, 0.2) is 47.6 Å². The molecule has 2 aromatic rings. The summed E-state index contributed by atoms with van der Waals surface area (Å²) in [5, 5.41) is 8.95. The number of benzene rings is 2. The van der Waals surface area contributed by atoms with E-state index in [-0.39, 0.29) is 29.3 Å². The molecule has 8 heteroatoms. The van der Waals surface area contributed by atoms with Crippen molar-refractivity contribution < 1.29 is 14.4 Å². The lowest BCUT2D eigenvalue weighted by molar-refractivity contribution is -0.123. The minimum Gasteiger partial charge on any atom is -0.325 e. The van der Waals surface area contributed by atoms with E-state index in [2.05, 4.69) is 21.2 Å². The van der Waals surface area contributed by atoms with Gasteiger partial charge >= 0.3 is 0 Å². The Hall–Kier alpha value is -3.13. The smallest absolute Gasteiger partial charge is 0.271 e. The summed E-state index contributed by atoms with van der Waals surface area (Å²) in [5.41, 5.74) is 6.62. The van der Waals surface area contributed by atoms with Crippen molar-refractivity contribution in [2.75, 3.05) is 5.32 Å². The number of rotatable bonds is 4. The van der Waals surface area contributed by atoms with Crippen molar-refractivity contribution in [3.63, 3.8) is 0 Å². The molecule has 2 aromatic carbocycles. The molecule has 0 saturated carbocycles. The number of nitrogens with one attached hydrogen (secondary N) is 3. The highest BCUT2D eigenvalue weighted by atomic mass is 32.2. The maximum Gasteiger partial charge on any atom is 0.271 e. The third-order valence-electron chi connectivity index (χ3n) is 4.59. The average Bonchev–Trinajstić information content (AvgIpc) is 2.69. The average molecular weight is 410 g/mol. The number of aryl methyl sites for hydroxylation is 3. The Labute approximate surface area is 173 Å². The summed E-state index contributed by atoms with van der Waals surface area (Å²) < 4.78 is 0. The third kappa shape index (κ3) is 5.23. The molecule has 7 nitrogen and oxygen atoms in total. The molecule has 0 unspecified atom stereocenters. The van der Waals surface area contributed by atoms with Crippen molar-refractivity contribution in [3.05, 3.63) is 64.7 Å². The van der Waals surface area contributed by atoms with Gasteiger partial charge in [-0.05, 0) is 55.7 Å². The van der Waals surface area contributed by atoms with Crippen LogP contribution in [0.25, 0.3) is 0 Å². The summed E-state index contributed by atoms with van der Waals surface area (Å²) in [6.07, 6.45) is 0.0338. The maximum atomic E-state index is 12.6. The highest BCUT2D eigenvalue weighted by Crippen LogP contribution is 2.23. The second-order valence-electron chi connectivity index (χ2n) is 6.82. The number of hydrogen-bond acceptors (Lipinski definition) is 5. The van der Waals surface area contributed by atoms with Crippen LogP contribution < -0.4 is 16.1 Å². The molecule has 0 radical (unpaired) electrons. The zero-order valence-electron chi connectivity index (χ0n) is 16.4. The molecule has 0 spiro atoms. The van der Waals surface area contributed by atoms with Gasteiger partial charge in [0, 0.05) is 17.7 Å². The summed E-state index contributed by atoms with van der Waals surface area (Å²) >= 11 is 1.10. The largest absolute Gasteiger partial charge is 0.325 e. The Morgan fingerprint density at radius 1 is 1.07 bits per heavy atom. The number of anilines is 1. The summed E-state index contributed by atoms with van der Waals surface area (Å²) in [5.74, 6) is -0.994. The van der Waals surface area contributed by atoms with Crippen LogP contribution in [0.4, 0.5) is 5.69 Å². The number of amidine groups is 1. The van der Waals surface area contributed by atoms with E-state index in [1.807, 2.05) is 51.1 Å². The Kier molecular flexibility index (Phi) is 6.33. The highest BCUT2D eigenvalue weighted by Gasteiger charge is 2.30. The molecule has 29 heavy (non-hydrogen) atoms. The predicted molar refractivity (Wildman–Crippen MR) is 115 cm³/mol. The van der Waals surface area contributed by atoms with Gasteiger partial charge in [-0.15, -0.1) is 5.10 Å². The number of nitrogens with zero attached hydrogens (tertiary/aromatic N) is 1. The second kappa shape index (κ2) is 8.91. The SMILES string of the molecule is Cc1ccc(NC(=O)[C@@H]2CC(=O)N/C(=N\NC(=O)c3ccccc3C)S2)cc1C. The number of carbonyl (C=O) groups excluding carboxylic acids is 3. The minimum atomic E-state index is -0.639. The number of thioether (sulfide) groups is 1. The standard InChI is InChI=1S/C21H22N4O3S/c1-12-8-9-15(10-14(12)3)22-20(28)17-11-18(26)23-21(29-17)25-24-19(27)16-7-5-4-6-13(16)2/h4-10,17H,11H2,1-3H3,(H,22,28)(H,24,27)(H,23,25,26)/t17-/m0/s1.